The van der Waals surface area contributed by atoms with Crippen molar-refractivity contribution < 1.29 is 9.59 Å². The van der Waals surface area contributed by atoms with Gasteiger partial charge in [0.2, 0.25) is 0 Å². The molecule has 0 aliphatic carbocycles. The van der Waals surface area contributed by atoms with Crippen molar-refractivity contribution in [3.8, 4) is 0 Å². The van der Waals surface area contributed by atoms with E-state index in [0.29, 0.717) is 12.2 Å². The Morgan fingerprint density at radius 2 is 2.44 bits per heavy atom. The molecule has 1 rings (SSSR count). The Morgan fingerprint density at radius 3 is 2.89 bits per heavy atom. The highest BCUT2D eigenvalue weighted by Crippen LogP contribution is 2.17. The Bertz CT molecular complexity index is 133. The summed E-state index contributed by atoms with van der Waals surface area (Å²) in [4.78, 5) is 20.9. The summed E-state index contributed by atoms with van der Waals surface area (Å²) < 4.78 is 0. The van der Waals surface area contributed by atoms with E-state index in [0.717, 1.165) is 12.0 Å². The first kappa shape index (κ1) is 6.81. The number of rotatable bonds is 1. The zero-order valence-corrected chi connectivity index (χ0v) is 5.82. The van der Waals surface area contributed by atoms with Crippen molar-refractivity contribution in [3.05, 3.63) is 0 Å². The number of aldehydes is 1. The molecule has 1 atom stereocenters. The van der Waals surface area contributed by atoms with Crippen LogP contribution in [-0.4, -0.2) is 23.6 Å². The average Bonchev–Trinajstić information content (AvgIpc) is 1.89. The molecule has 1 heterocycles. The fourth-order valence-corrected chi connectivity index (χ4v) is 1.81. The van der Waals surface area contributed by atoms with Crippen LogP contribution in [-0.2, 0) is 9.59 Å². The van der Waals surface area contributed by atoms with Crippen LogP contribution in [0.25, 0.3) is 0 Å². The second kappa shape index (κ2) is 3.01. The summed E-state index contributed by atoms with van der Waals surface area (Å²) in [5.74, 6) is 1.40. The van der Waals surface area contributed by atoms with Gasteiger partial charge in [-0.25, -0.2) is 0 Å². The largest absolute Gasteiger partial charge is 0.303 e. The van der Waals surface area contributed by atoms with Gasteiger partial charge in [0.15, 0.2) is 0 Å². The van der Waals surface area contributed by atoms with Gasteiger partial charge < -0.3 is 4.79 Å². The van der Waals surface area contributed by atoms with Crippen LogP contribution in [0.5, 0.6) is 0 Å². The van der Waals surface area contributed by atoms with Crippen molar-refractivity contribution in [2.75, 3.05) is 11.5 Å². The van der Waals surface area contributed by atoms with Crippen LogP contribution in [0.15, 0.2) is 0 Å². The van der Waals surface area contributed by atoms with E-state index < -0.39 is 0 Å². The SMILES string of the molecule is O=C[C@H]1CSCCC1=O. The molecule has 1 fully saturated rings. The molecule has 0 N–H and O–H groups in total. The van der Waals surface area contributed by atoms with Gasteiger partial charge in [-0.2, -0.15) is 11.8 Å². The number of thioether (sulfide) groups is 1. The predicted octanol–water partition coefficient (Wildman–Crippen LogP) is 0.508. The van der Waals surface area contributed by atoms with Crippen LogP contribution in [0.2, 0.25) is 0 Å². The third kappa shape index (κ3) is 1.55. The van der Waals surface area contributed by atoms with Gasteiger partial charge in [-0.3, -0.25) is 4.79 Å². The number of Topliss-reactive ketones (excluding diaryl/α,β-unsaturated/α-hetero) is 1. The van der Waals surface area contributed by atoms with Crippen LogP contribution in [0.3, 0.4) is 0 Å². The third-order valence-corrected chi connectivity index (χ3v) is 2.46. The lowest BCUT2D eigenvalue weighted by Gasteiger charge is -2.13. The molecule has 0 aromatic carbocycles. The summed E-state index contributed by atoms with van der Waals surface area (Å²) in [6.45, 7) is 0. The highest BCUT2D eigenvalue weighted by atomic mass is 32.2. The molecule has 0 radical (unpaired) electrons. The number of hydrogen-bond acceptors (Lipinski definition) is 3. The normalized spacial score (nSPS) is 28.0. The van der Waals surface area contributed by atoms with Gasteiger partial charge in [0.05, 0.1) is 5.92 Å². The molecule has 0 spiro atoms. The monoisotopic (exact) mass is 144 g/mol. The van der Waals surface area contributed by atoms with Crippen molar-refractivity contribution in [3.63, 3.8) is 0 Å². The molecule has 0 unspecified atom stereocenters. The van der Waals surface area contributed by atoms with E-state index in [-0.39, 0.29) is 11.7 Å². The summed E-state index contributed by atoms with van der Waals surface area (Å²) >= 11 is 1.68. The van der Waals surface area contributed by atoms with Gasteiger partial charge in [-0.1, -0.05) is 0 Å². The van der Waals surface area contributed by atoms with Crippen molar-refractivity contribution in [1.29, 1.82) is 0 Å². The number of carbonyl (C=O) groups is 2. The van der Waals surface area contributed by atoms with E-state index in [9.17, 15) is 9.59 Å². The van der Waals surface area contributed by atoms with Gasteiger partial charge in [0.1, 0.15) is 12.1 Å². The topological polar surface area (TPSA) is 34.1 Å². The van der Waals surface area contributed by atoms with Crippen molar-refractivity contribution >= 4 is 23.8 Å². The lowest BCUT2D eigenvalue weighted by atomic mass is 10.1. The van der Waals surface area contributed by atoms with E-state index in [4.69, 9.17) is 0 Å². The summed E-state index contributed by atoms with van der Waals surface area (Å²) in [5.41, 5.74) is 0. The maximum Gasteiger partial charge on any atom is 0.144 e. The van der Waals surface area contributed by atoms with E-state index in [2.05, 4.69) is 0 Å². The molecule has 9 heavy (non-hydrogen) atoms. The van der Waals surface area contributed by atoms with E-state index in [1.165, 1.54) is 0 Å². The first-order valence-corrected chi connectivity index (χ1v) is 4.06. The molecule has 50 valence electrons. The van der Waals surface area contributed by atoms with Crippen LogP contribution in [0.4, 0.5) is 0 Å². The van der Waals surface area contributed by atoms with Crippen LogP contribution >= 0.6 is 11.8 Å². The summed E-state index contributed by atoms with van der Waals surface area (Å²) in [6, 6.07) is 0. The molecular formula is C6H8O2S. The Hall–Kier alpha value is -0.310. The Balaban J connectivity index is 2.48. The molecule has 2 nitrogen and oxygen atoms in total. The molecule has 1 saturated heterocycles. The van der Waals surface area contributed by atoms with E-state index in [1.54, 1.807) is 11.8 Å². The van der Waals surface area contributed by atoms with E-state index >= 15 is 0 Å². The average molecular weight is 144 g/mol. The second-order valence-corrected chi connectivity index (χ2v) is 3.18. The van der Waals surface area contributed by atoms with Crippen molar-refractivity contribution in [2.24, 2.45) is 5.92 Å². The molecule has 0 aromatic heterocycles. The first-order valence-electron chi connectivity index (χ1n) is 2.90. The minimum Gasteiger partial charge on any atom is -0.303 e. The maximum atomic E-state index is 10.8. The highest BCUT2D eigenvalue weighted by Gasteiger charge is 2.20. The summed E-state index contributed by atoms with van der Waals surface area (Å²) in [5, 5.41) is 0. The molecular weight excluding hydrogens is 136 g/mol. The molecule has 0 aromatic rings. The van der Waals surface area contributed by atoms with Gasteiger partial charge >= 0.3 is 0 Å². The van der Waals surface area contributed by atoms with Crippen molar-refractivity contribution in [1.82, 2.24) is 0 Å². The maximum absolute atomic E-state index is 10.8. The van der Waals surface area contributed by atoms with Gasteiger partial charge in [0, 0.05) is 17.9 Å². The molecule has 1 aliphatic rings. The second-order valence-electron chi connectivity index (χ2n) is 2.03. The van der Waals surface area contributed by atoms with Crippen molar-refractivity contribution in [2.45, 2.75) is 6.42 Å². The molecule has 0 amide bonds. The Labute approximate surface area is 58.0 Å². The number of hydrogen-bond donors (Lipinski definition) is 0. The smallest absolute Gasteiger partial charge is 0.144 e. The lowest BCUT2D eigenvalue weighted by Crippen LogP contribution is -2.23. The molecule has 0 bridgehead atoms. The van der Waals surface area contributed by atoms with Gasteiger partial charge in [0.25, 0.3) is 0 Å². The Kier molecular flexibility index (Phi) is 2.28. The zero-order chi connectivity index (χ0) is 6.69. The van der Waals surface area contributed by atoms with Gasteiger partial charge in [-0.15, -0.1) is 0 Å². The predicted molar refractivity (Wildman–Crippen MR) is 36.5 cm³/mol. The highest BCUT2D eigenvalue weighted by molar-refractivity contribution is 7.99. The molecule has 3 heteroatoms. The molecule has 1 aliphatic heterocycles. The van der Waals surface area contributed by atoms with Gasteiger partial charge in [-0.05, 0) is 0 Å². The van der Waals surface area contributed by atoms with Crippen LogP contribution in [0.1, 0.15) is 6.42 Å². The summed E-state index contributed by atoms with van der Waals surface area (Å²) in [6.07, 6.45) is 1.34. The standard InChI is InChI=1S/C6H8O2S/c7-3-5-4-9-2-1-6(5)8/h3,5H,1-2,4H2/t5-/m0/s1. The van der Waals surface area contributed by atoms with Crippen LogP contribution < -0.4 is 0 Å². The Morgan fingerprint density at radius 1 is 1.67 bits per heavy atom. The minimum atomic E-state index is -0.302. The number of carbonyl (C=O) groups excluding carboxylic acids is 2. The fraction of sp³-hybridized carbons (Fsp3) is 0.667. The quantitative estimate of drug-likeness (QED) is 0.397. The first-order chi connectivity index (χ1) is 4.34. The minimum absolute atomic E-state index is 0.115. The van der Waals surface area contributed by atoms with E-state index in [1.807, 2.05) is 0 Å². The lowest BCUT2D eigenvalue weighted by molar-refractivity contribution is -0.126. The number of ketones is 1. The molecule has 0 saturated carbocycles. The van der Waals surface area contributed by atoms with Crippen LogP contribution in [0, 0.1) is 5.92 Å². The zero-order valence-electron chi connectivity index (χ0n) is 5.00. The summed E-state index contributed by atoms with van der Waals surface area (Å²) in [7, 11) is 0. The fourth-order valence-electron chi connectivity index (χ4n) is 0.777. The third-order valence-electron chi connectivity index (χ3n) is 1.37.